The van der Waals surface area contributed by atoms with Crippen LogP contribution < -0.4 is 0 Å². The van der Waals surface area contributed by atoms with Crippen molar-refractivity contribution in [2.24, 2.45) is 0 Å². The number of halogens is 3. The monoisotopic (exact) mass is 196 g/mol. The zero-order chi connectivity index (χ0) is 10.3. The molecule has 0 aliphatic heterocycles. The molecule has 0 N–H and O–H groups in total. The summed E-state index contributed by atoms with van der Waals surface area (Å²) in [5.41, 5.74) is 0. The summed E-state index contributed by atoms with van der Waals surface area (Å²) >= 11 is 0. The summed E-state index contributed by atoms with van der Waals surface area (Å²) in [7, 11) is 0. The van der Waals surface area contributed by atoms with Crippen LogP contribution in [0.25, 0.3) is 0 Å². The second-order valence-corrected chi connectivity index (χ2v) is 3.14. The molecule has 0 aliphatic rings. The number of unbranched alkanes of at least 4 members (excludes halogenated alkanes) is 3. The first-order chi connectivity index (χ1) is 5.95. The molecule has 0 saturated heterocycles. The van der Waals surface area contributed by atoms with E-state index in [0.29, 0.717) is 6.42 Å². The van der Waals surface area contributed by atoms with Gasteiger partial charge >= 0.3 is 6.18 Å². The summed E-state index contributed by atoms with van der Waals surface area (Å²) in [6.07, 6.45) is -2.09. The number of carbonyl (C=O) groups is 1. The van der Waals surface area contributed by atoms with Gasteiger partial charge in [-0.2, -0.15) is 13.2 Å². The highest BCUT2D eigenvalue weighted by molar-refractivity contribution is 5.78. The number of ketones is 1. The molecule has 13 heavy (non-hydrogen) atoms. The molecule has 0 saturated carbocycles. The Morgan fingerprint density at radius 2 is 1.77 bits per heavy atom. The Bertz CT molecular complexity index is 151. The van der Waals surface area contributed by atoms with Gasteiger partial charge in [-0.15, -0.1) is 0 Å². The molecular formula is C9H15F3O. The highest BCUT2D eigenvalue weighted by Gasteiger charge is 2.30. The molecule has 0 aromatic carbocycles. The van der Waals surface area contributed by atoms with Crippen LogP contribution in [0, 0.1) is 0 Å². The van der Waals surface area contributed by atoms with E-state index >= 15 is 0 Å². The minimum Gasteiger partial charge on any atom is -0.299 e. The average Bonchev–Trinajstić information content (AvgIpc) is 1.94. The molecule has 0 aromatic rings. The maximum atomic E-state index is 11.7. The first-order valence-corrected chi connectivity index (χ1v) is 4.54. The van der Waals surface area contributed by atoms with E-state index in [9.17, 15) is 18.0 Å². The summed E-state index contributed by atoms with van der Waals surface area (Å²) in [6.45, 7) is 2.01. The van der Waals surface area contributed by atoms with Crippen molar-refractivity contribution in [3.63, 3.8) is 0 Å². The molecule has 0 amide bonds. The van der Waals surface area contributed by atoms with Gasteiger partial charge in [-0.25, -0.2) is 0 Å². The van der Waals surface area contributed by atoms with Crippen molar-refractivity contribution in [1.29, 1.82) is 0 Å². The lowest BCUT2D eigenvalue weighted by atomic mass is 10.1. The van der Waals surface area contributed by atoms with Crippen LogP contribution in [0.3, 0.4) is 0 Å². The average molecular weight is 196 g/mol. The van der Waals surface area contributed by atoms with E-state index in [0.717, 1.165) is 19.3 Å². The van der Waals surface area contributed by atoms with Gasteiger partial charge in [-0.3, -0.25) is 4.79 Å². The summed E-state index contributed by atoms with van der Waals surface area (Å²) in [4.78, 5) is 10.7. The Hall–Kier alpha value is -0.540. The van der Waals surface area contributed by atoms with E-state index in [4.69, 9.17) is 0 Å². The molecule has 1 nitrogen and oxygen atoms in total. The normalized spacial score (nSPS) is 11.7. The molecule has 0 radical (unpaired) electrons. The third-order valence-corrected chi connectivity index (χ3v) is 1.71. The molecule has 0 fully saturated rings. The maximum absolute atomic E-state index is 11.7. The molecule has 78 valence electrons. The zero-order valence-electron chi connectivity index (χ0n) is 7.78. The smallest absolute Gasteiger partial charge is 0.299 e. The minimum atomic E-state index is -4.33. The maximum Gasteiger partial charge on any atom is 0.395 e. The molecule has 0 rings (SSSR count). The van der Waals surface area contributed by atoms with Gasteiger partial charge in [-0.1, -0.05) is 26.2 Å². The van der Waals surface area contributed by atoms with Gasteiger partial charge in [0.1, 0.15) is 12.2 Å². The fourth-order valence-corrected chi connectivity index (χ4v) is 1.06. The zero-order valence-corrected chi connectivity index (χ0v) is 7.78. The van der Waals surface area contributed by atoms with E-state index < -0.39 is 18.4 Å². The fourth-order valence-electron chi connectivity index (χ4n) is 1.06. The SMILES string of the molecule is CCCCCCC(=O)CC(F)(F)F. The summed E-state index contributed by atoms with van der Waals surface area (Å²) in [5, 5.41) is 0. The quantitative estimate of drug-likeness (QED) is 0.594. The topological polar surface area (TPSA) is 17.1 Å². The van der Waals surface area contributed by atoms with Crippen LogP contribution in [0.4, 0.5) is 13.2 Å². The summed E-state index contributed by atoms with van der Waals surface area (Å²) < 4.78 is 35.0. The summed E-state index contributed by atoms with van der Waals surface area (Å²) in [5.74, 6) is -0.691. The number of alkyl halides is 3. The molecular weight excluding hydrogens is 181 g/mol. The van der Waals surface area contributed by atoms with Crippen LogP contribution >= 0.6 is 0 Å². The van der Waals surface area contributed by atoms with Crippen molar-refractivity contribution in [2.75, 3.05) is 0 Å². The lowest BCUT2D eigenvalue weighted by Gasteiger charge is -2.04. The van der Waals surface area contributed by atoms with Crippen LogP contribution in [0.5, 0.6) is 0 Å². The molecule has 0 unspecified atom stereocenters. The van der Waals surface area contributed by atoms with Crippen LogP contribution in [-0.4, -0.2) is 12.0 Å². The molecule has 0 aliphatic carbocycles. The summed E-state index contributed by atoms with van der Waals surface area (Å²) in [6, 6.07) is 0. The molecule has 4 heteroatoms. The van der Waals surface area contributed by atoms with Crippen LogP contribution in [0.15, 0.2) is 0 Å². The number of carbonyl (C=O) groups excluding carboxylic acids is 1. The molecule has 0 atom stereocenters. The van der Waals surface area contributed by atoms with Gasteiger partial charge in [0.15, 0.2) is 0 Å². The molecule has 0 aromatic heterocycles. The third kappa shape index (κ3) is 9.37. The second-order valence-electron chi connectivity index (χ2n) is 3.14. The van der Waals surface area contributed by atoms with E-state index in [1.807, 2.05) is 6.92 Å². The van der Waals surface area contributed by atoms with Gasteiger partial charge in [0, 0.05) is 6.42 Å². The van der Waals surface area contributed by atoms with Gasteiger partial charge in [0.05, 0.1) is 0 Å². The predicted octanol–water partition coefficient (Wildman–Crippen LogP) is 3.48. The first-order valence-electron chi connectivity index (χ1n) is 4.54. The van der Waals surface area contributed by atoms with Crippen molar-refractivity contribution < 1.29 is 18.0 Å². The Labute approximate surface area is 76.3 Å². The Morgan fingerprint density at radius 1 is 1.15 bits per heavy atom. The Morgan fingerprint density at radius 3 is 2.23 bits per heavy atom. The van der Waals surface area contributed by atoms with E-state index in [1.165, 1.54) is 0 Å². The highest BCUT2D eigenvalue weighted by atomic mass is 19.4. The van der Waals surface area contributed by atoms with Crippen LogP contribution in [0.1, 0.15) is 45.4 Å². The van der Waals surface area contributed by atoms with E-state index in [-0.39, 0.29) is 6.42 Å². The lowest BCUT2D eigenvalue weighted by Crippen LogP contribution is -2.14. The van der Waals surface area contributed by atoms with E-state index in [2.05, 4.69) is 0 Å². The number of Topliss-reactive ketones (excluding diaryl/α,β-unsaturated/α-hetero) is 1. The lowest BCUT2D eigenvalue weighted by molar-refractivity contribution is -0.152. The first kappa shape index (κ1) is 12.5. The number of rotatable bonds is 6. The third-order valence-electron chi connectivity index (χ3n) is 1.71. The van der Waals surface area contributed by atoms with Crippen molar-refractivity contribution in [1.82, 2.24) is 0 Å². The number of hydrogen-bond acceptors (Lipinski definition) is 1. The van der Waals surface area contributed by atoms with Crippen molar-refractivity contribution in [2.45, 2.75) is 51.6 Å². The predicted molar refractivity (Wildman–Crippen MR) is 44.4 cm³/mol. The fraction of sp³-hybridized carbons (Fsp3) is 0.889. The standard InChI is InChI=1S/C9H15F3O/c1-2-3-4-5-6-8(13)7-9(10,11)12/h2-7H2,1H3. The van der Waals surface area contributed by atoms with Crippen LogP contribution in [-0.2, 0) is 4.79 Å². The minimum absolute atomic E-state index is 0.0690. The Balaban J connectivity index is 3.41. The van der Waals surface area contributed by atoms with Gasteiger partial charge in [-0.05, 0) is 6.42 Å². The Kier molecular flexibility index (Phi) is 5.75. The van der Waals surface area contributed by atoms with Crippen molar-refractivity contribution in [3.8, 4) is 0 Å². The van der Waals surface area contributed by atoms with Gasteiger partial charge in [0.2, 0.25) is 0 Å². The van der Waals surface area contributed by atoms with Crippen molar-refractivity contribution >= 4 is 5.78 Å². The molecule has 0 heterocycles. The largest absolute Gasteiger partial charge is 0.395 e. The van der Waals surface area contributed by atoms with Crippen molar-refractivity contribution in [3.05, 3.63) is 0 Å². The van der Waals surface area contributed by atoms with Gasteiger partial charge < -0.3 is 0 Å². The second kappa shape index (κ2) is 6.00. The van der Waals surface area contributed by atoms with E-state index in [1.54, 1.807) is 0 Å². The highest BCUT2D eigenvalue weighted by Crippen LogP contribution is 2.21. The van der Waals surface area contributed by atoms with Crippen LogP contribution in [0.2, 0.25) is 0 Å². The molecule has 0 bridgehead atoms. The molecule has 0 spiro atoms. The number of hydrogen-bond donors (Lipinski definition) is 0. The van der Waals surface area contributed by atoms with Gasteiger partial charge in [0.25, 0.3) is 0 Å².